The van der Waals surface area contributed by atoms with Gasteiger partial charge in [-0.2, -0.15) is 5.26 Å². The van der Waals surface area contributed by atoms with E-state index in [4.69, 9.17) is 0 Å². The van der Waals surface area contributed by atoms with Crippen LogP contribution in [0.3, 0.4) is 0 Å². The predicted molar refractivity (Wildman–Crippen MR) is 114 cm³/mol. The second kappa shape index (κ2) is 7.53. The van der Waals surface area contributed by atoms with E-state index in [1.807, 2.05) is 11.1 Å². The van der Waals surface area contributed by atoms with Crippen molar-refractivity contribution in [1.82, 2.24) is 4.90 Å². The molecule has 1 heterocycles. The molecule has 1 unspecified atom stereocenters. The van der Waals surface area contributed by atoms with Crippen molar-refractivity contribution in [2.45, 2.75) is 44.2 Å². The Bertz CT molecular complexity index is 1120. The predicted octanol–water partition coefficient (Wildman–Crippen LogP) is 4.90. The number of benzene rings is 2. The summed E-state index contributed by atoms with van der Waals surface area (Å²) in [6, 6.07) is 14.1. The summed E-state index contributed by atoms with van der Waals surface area (Å²) in [5.74, 6) is -0.573. The SMILES string of the molecule is N#Cc1ccccc1-c1ccc(C(=O)N(C2CC2)C2CCC3=C(C=NC3)C2)cc1F. The van der Waals surface area contributed by atoms with Gasteiger partial charge in [-0.15, -0.1) is 0 Å². The third-order valence-electron chi connectivity index (χ3n) is 6.34. The molecule has 5 rings (SSSR count). The second-order valence-electron chi connectivity index (χ2n) is 8.29. The molecule has 5 heteroatoms. The Kier molecular flexibility index (Phi) is 4.71. The average Bonchev–Trinajstić information content (AvgIpc) is 3.49. The number of halogens is 1. The van der Waals surface area contributed by atoms with Crippen LogP contribution < -0.4 is 0 Å². The van der Waals surface area contributed by atoms with Gasteiger partial charge in [-0.05, 0) is 61.4 Å². The van der Waals surface area contributed by atoms with Crippen LogP contribution in [0.4, 0.5) is 4.39 Å². The number of carbonyl (C=O) groups excluding carboxylic acids is 1. The van der Waals surface area contributed by atoms with Crippen molar-refractivity contribution < 1.29 is 9.18 Å². The third-order valence-corrected chi connectivity index (χ3v) is 6.34. The Hall–Kier alpha value is -3.26. The van der Waals surface area contributed by atoms with Crippen molar-refractivity contribution in [3.63, 3.8) is 0 Å². The van der Waals surface area contributed by atoms with Crippen molar-refractivity contribution in [3.05, 3.63) is 70.6 Å². The van der Waals surface area contributed by atoms with Crippen LogP contribution in [0.25, 0.3) is 11.1 Å². The van der Waals surface area contributed by atoms with Crippen LogP contribution in [0.5, 0.6) is 0 Å². The van der Waals surface area contributed by atoms with Gasteiger partial charge in [-0.1, -0.05) is 24.3 Å². The molecule has 0 N–H and O–H groups in total. The van der Waals surface area contributed by atoms with Gasteiger partial charge in [-0.25, -0.2) is 4.39 Å². The van der Waals surface area contributed by atoms with Gasteiger partial charge in [0.15, 0.2) is 0 Å². The second-order valence-corrected chi connectivity index (χ2v) is 8.29. The maximum atomic E-state index is 15.0. The molecule has 0 spiro atoms. The van der Waals surface area contributed by atoms with Crippen molar-refractivity contribution in [1.29, 1.82) is 5.26 Å². The molecular formula is C25H22FN3O. The van der Waals surface area contributed by atoms with Gasteiger partial charge in [0, 0.05) is 35.0 Å². The first-order chi connectivity index (χ1) is 14.7. The molecule has 1 atom stereocenters. The maximum Gasteiger partial charge on any atom is 0.254 e. The van der Waals surface area contributed by atoms with Crippen LogP contribution in [0.1, 0.15) is 48.0 Å². The first kappa shape index (κ1) is 18.7. The number of hydrogen-bond donors (Lipinski definition) is 0. The Morgan fingerprint density at radius 3 is 2.70 bits per heavy atom. The number of aliphatic imine (C=N–C) groups is 1. The van der Waals surface area contributed by atoms with Crippen LogP contribution >= 0.6 is 0 Å². The van der Waals surface area contributed by atoms with Gasteiger partial charge in [0.2, 0.25) is 0 Å². The number of rotatable bonds is 4. The van der Waals surface area contributed by atoms with E-state index in [2.05, 4.69) is 11.1 Å². The van der Waals surface area contributed by atoms with E-state index >= 15 is 4.39 Å². The molecule has 1 amide bonds. The zero-order valence-corrected chi connectivity index (χ0v) is 16.6. The zero-order chi connectivity index (χ0) is 20.7. The minimum Gasteiger partial charge on any atom is -0.332 e. The van der Waals surface area contributed by atoms with Crippen LogP contribution in [0.15, 0.2) is 58.6 Å². The summed E-state index contributed by atoms with van der Waals surface area (Å²) in [6.45, 7) is 0.802. The summed E-state index contributed by atoms with van der Waals surface area (Å²) in [5, 5.41) is 9.32. The van der Waals surface area contributed by atoms with Crippen molar-refractivity contribution in [2.24, 2.45) is 4.99 Å². The molecule has 150 valence electrons. The quantitative estimate of drug-likeness (QED) is 0.734. The lowest BCUT2D eigenvalue weighted by atomic mass is 9.88. The summed E-state index contributed by atoms with van der Waals surface area (Å²) >= 11 is 0. The standard InChI is InChI=1S/C25H22FN3O/c26-24-12-16(6-10-23(24)22-4-2-1-3-17(22)13-27)25(30)29(20-8-9-20)21-7-5-18-14-28-15-19(18)11-21/h1-4,6,10,12,15,20-21H,5,7-9,11,14H2. The fourth-order valence-electron chi connectivity index (χ4n) is 4.64. The number of carbonyl (C=O) groups is 1. The molecule has 30 heavy (non-hydrogen) atoms. The fraction of sp³-hybridized carbons (Fsp3) is 0.320. The van der Waals surface area contributed by atoms with Gasteiger partial charge in [0.05, 0.1) is 18.2 Å². The topological polar surface area (TPSA) is 56.5 Å². The van der Waals surface area contributed by atoms with Gasteiger partial charge in [0.1, 0.15) is 5.82 Å². The van der Waals surface area contributed by atoms with Gasteiger partial charge in [0.25, 0.3) is 5.91 Å². The van der Waals surface area contributed by atoms with Gasteiger partial charge in [-0.3, -0.25) is 9.79 Å². The Morgan fingerprint density at radius 1 is 1.10 bits per heavy atom. The summed E-state index contributed by atoms with van der Waals surface area (Å²) in [4.78, 5) is 19.8. The van der Waals surface area contributed by atoms with E-state index in [-0.39, 0.29) is 18.0 Å². The smallest absolute Gasteiger partial charge is 0.254 e. The summed E-state index contributed by atoms with van der Waals surface area (Å²) in [5.41, 5.74) is 4.36. The summed E-state index contributed by atoms with van der Waals surface area (Å²) in [6.07, 6.45) is 6.75. The molecule has 0 saturated heterocycles. The van der Waals surface area contributed by atoms with Crippen molar-refractivity contribution in [3.8, 4) is 17.2 Å². The first-order valence-corrected chi connectivity index (χ1v) is 10.5. The Labute approximate surface area is 175 Å². The highest BCUT2D eigenvalue weighted by Gasteiger charge is 2.39. The number of hydrogen-bond acceptors (Lipinski definition) is 3. The number of nitrogens with zero attached hydrogens (tertiary/aromatic N) is 3. The van der Waals surface area contributed by atoms with Gasteiger partial charge >= 0.3 is 0 Å². The normalized spacial score (nSPS) is 20.1. The molecule has 3 aliphatic rings. The van der Waals surface area contributed by atoms with Crippen LogP contribution in [0, 0.1) is 17.1 Å². The molecule has 1 saturated carbocycles. The average molecular weight is 399 g/mol. The lowest BCUT2D eigenvalue weighted by molar-refractivity contribution is 0.0645. The molecule has 4 nitrogen and oxygen atoms in total. The summed E-state index contributed by atoms with van der Waals surface area (Å²) < 4.78 is 15.0. The Morgan fingerprint density at radius 2 is 1.93 bits per heavy atom. The minimum atomic E-state index is -0.476. The lowest BCUT2D eigenvalue weighted by Gasteiger charge is -2.35. The third kappa shape index (κ3) is 3.33. The molecule has 0 bridgehead atoms. The van der Waals surface area contributed by atoms with Crippen LogP contribution in [-0.2, 0) is 0 Å². The molecule has 0 radical (unpaired) electrons. The monoisotopic (exact) mass is 399 g/mol. The molecule has 2 aromatic rings. The molecule has 2 aromatic carbocycles. The molecular weight excluding hydrogens is 377 g/mol. The van der Waals surface area contributed by atoms with Gasteiger partial charge < -0.3 is 4.90 Å². The molecule has 1 fully saturated rings. The molecule has 1 aliphatic heterocycles. The summed E-state index contributed by atoms with van der Waals surface area (Å²) in [7, 11) is 0. The van der Waals surface area contributed by atoms with E-state index in [1.54, 1.807) is 36.4 Å². The van der Waals surface area contributed by atoms with Crippen LogP contribution in [-0.4, -0.2) is 35.7 Å². The number of nitriles is 1. The minimum absolute atomic E-state index is 0.0968. The first-order valence-electron chi connectivity index (χ1n) is 10.5. The largest absolute Gasteiger partial charge is 0.332 e. The van der Waals surface area contributed by atoms with Crippen molar-refractivity contribution in [2.75, 3.05) is 6.54 Å². The van der Waals surface area contributed by atoms with E-state index in [9.17, 15) is 10.1 Å². The van der Waals surface area contributed by atoms with Crippen LogP contribution in [0.2, 0.25) is 0 Å². The highest BCUT2D eigenvalue weighted by molar-refractivity contribution is 5.96. The van der Waals surface area contributed by atoms with E-state index < -0.39 is 5.82 Å². The zero-order valence-electron chi connectivity index (χ0n) is 16.6. The highest BCUT2D eigenvalue weighted by atomic mass is 19.1. The maximum absolute atomic E-state index is 15.0. The van der Waals surface area contributed by atoms with E-state index in [1.165, 1.54) is 17.2 Å². The molecule has 0 aromatic heterocycles. The lowest BCUT2D eigenvalue weighted by Crippen LogP contribution is -2.43. The van der Waals surface area contributed by atoms with E-state index in [0.717, 1.165) is 38.6 Å². The highest BCUT2D eigenvalue weighted by Crippen LogP contribution is 2.38. The number of amides is 1. The Balaban J connectivity index is 1.43. The van der Waals surface area contributed by atoms with Crippen molar-refractivity contribution >= 4 is 12.1 Å². The molecule has 2 aliphatic carbocycles. The van der Waals surface area contributed by atoms with E-state index in [0.29, 0.717) is 22.3 Å². The fourth-order valence-corrected chi connectivity index (χ4v) is 4.64.